The summed E-state index contributed by atoms with van der Waals surface area (Å²) in [7, 11) is 0. The van der Waals surface area contributed by atoms with Gasteiger partial charge in [0, 0.05) is 33.0 Å². The second-order valence-electron chi connectivity index (χ2n) is 14.8. The molecule has 9 aromatic carbocycles. The summed E-state index contributed by atoms with van der Waals surface area (Å²) in [6, 6.07) is 74.0. The molecule has 0 aliphatic carbocycles. The largest absolute Gasteiger partial charge is 0.455 e. The minimum Gasteiger partial charge on any atom is -0.455 e. The Bertz CT molecular complexity index is 3300. The minimum atomic E-state index is 0.584. The quantitative estimate of drug-likeness (QED) is 0.163. The fraction of sp³-hybridized carbons (Fsp3) is 0. The number of nitrogens with zero attached hydrogens (tertiary/aromatic N) is 3. The molecule has 0 bridgehead atoms. The summed E-state index contributed by atoms with van der Waals surface area (Å²) >= 11 is 0. The van der Waals surface area contributed by atoms with Crippen LogP contribution in [0, 0.1) is 0 Å². The summed E-state index contributed by atoms with van der Waals surface area (Å²) < 4.78 is 6.74. The van der Waals surface area contributed by atoms with Gasteiger partial charge in [0.15, 0.2) is 17.5 Å². The van der Waals surface area contributed by atoms with Gasteiger partial charge in [-0.2, -0.15) is 0 Å². The summed E-state index contributed by atoms with van der Waals surface area (Å²) in [5.74, 6) is 1.79. The van der Waals surface area contributed by atoms with Crippen LogP contribution in [0.4, 0.5) is 0 Å². The van der Waals surface area contributed by atoms with Crippen LogP contribution in [-0.2, 0) is 0 Å². The van der Waals surface area contributed by atoms with Gasteiger partial charge in [-0.25, -0.2) is 15.0 Å². The summed E-state index contributed by atoms with van der Waals surface area (Å²) in [5.41, 5.74) is 13.3. The van der Waals surface area contributed by atoms with E-state index in [4.69, 9.17) is 19.4 Å². The highest BCUT2D eigenvalue weighted by molar-refractivity contribution is 6.15. The van der Waals surface area contributed by atoms with Crippen molar-refractivity contribution in [3.63, 3.8) is 0 Å². The normalized spacial score (nSPS) is 11.4. The molecule has 0 atom stereocenters. The van der Waals surface area contributed by atoms with Crippen LogP contribution in [0.3, 0.4) is 0 Å². The van der Waals surface area contributed by atoms with E-state index in [9.17, 15) is 0 Å². The van der Waals surface area contributed by atoms with Crippen LogP contribution in [0.15, 0.2) is 217 Å². The van der Waals surface area contributed by atoms with Crippen LogP contribution in [0.1, 0.15) is 0 Å². The molecular formula is C55H35N3O. The summed E-state index contributed by atoms with van der Waals surface area (Å²) in [6.07, 6.45) is 0. The third-order valence-electron chi connectivity index (χ3n) is 11.2. The lowest BCUT2D eigenvalue weighted by Gasteiger charge is -2.11. The molecule has 4 heteroatoms. The molecule has 11 rings (SSSR count). The predicted octanol–water partition coefficient (Wildman–Crippen LogP) is 14.6. The van der Waals surface area contributed by atoms with Crippen molar-refractivity contribution < 1.29 is 4.42 Å². The Kier molecular flexibility index (Phi) is 8.45. The first-order chi connectivity index (χ1) is 29.2. The first-order valence-corrected chi connectivity index (χ1v) is 19.8. The number of rotatable bonds is 7. The molecule has 11 aromatic rings. The number of hydrogen-bond acceptors (Lipinski definition) is 4. The van der Waals surface area contributed by atoms with E-state index < -0.39 is 0 Å². The van der Waals surface area contributed by atoms with E-state index in [0.717, 1.165) is 77.6 Å². The lowest BCUT2D eigenvalue weighted by atomic mass is 9.97. The van der Waals surface area contributed by atoms with Gasteiger partial charge in [-0.3, -0.25) is 0 Å². The zero-order valence-electron chi connectivity index (χ0n) is 32.0. The molecule has 2 heterocycles. The van der Waals surface area contributed by atoms with E-state index in [1.165, 1.54) is 16.3 Å². The van der Waals surface area contributed by atoms with E-state index >= 15 is 0 Å². The van der Waals surface area contributed by atoms with Gasteiger partial charge in [0.1, 0.15) is 11.2 Å². The lowest BCUT2D eigenvalue weighted by Crippen LogP contribution is -2.00. The maximum absolute atomic E-state index is 6.74. The Morgan fingerprint density at radius 2 is 0.763 bits per heavy atom. The average molecular weight is 754 g/mol. The number of hydrogen-bond donors (Lipinski definition) is 0. The maximum atomic E-state index is 6.74. The van der Waals surface area contributed by atoms with Gasteiger partial charge in [0.25, 0.3) is 0 Å². The topological polar surface area (TPSA) is 51.8 Å². The van der Waals surface area contributed by atoms with E-state index in [2.05, 4.69) is 188 Å². The second kappa shape index (κ2) is 14.5. The van der Waals surface area contributed by atoms with Crippen LogP contribution in [-0.4, -0.2) is 15.0 Å². The number of fused-ring (bicyclic) bond motifs is 4. The smallest absolute Gasteiger partial charge is 0.164 e. The molecule has 0 radical (unpaired) electrons. The molecule has 0 aliphatic rings. The zero-order chi connectivity index (χ0) is 39.1. The molecule has 4 nitrogen and oxygen atoms in total. The average Bonchev–Trinajstić information content (AvgIpc) is 3.71. The molecule has 276 valence electrons. The van der Waals surface area contributed by atoms with Gasteiger partial charge in [-0.05, 0) is 67.9 Å². The van der Waals surface area contributed by atoms with Gasteiger partial charge in [0.2, 0.25) is 0 Å². The third kappa shape index (κ3) is 6.43. The summed E-state index contributed by atoms with van der Waals surface area (Å²) in [5, 5.41) is 4.42. The van der Waals surface area contributed by atoms with Crippen molar-refractivity contribution in [2.24, 2.45) is 0 Å². The van der Waals surface area contributed by atoms with E-state index in [1.54, 1.807) is 0 Å². The number of para-hydroxylation sites is 1. The fourth-order valence-corrected chi connectivity index (χ4v) is 8.14. The number of aromatic nitrogens is 3. The van der Waals surface area contributed by atoms with Gasteiger partial charge in [-0.1, -0.05) is 194 Å². The maximum Gasteiger partial charge on any atom is 0.164 e. The van der Waals surface area contributed by atoms with Crippen molar-refractivity contribution in [3.05, 3.63) is 212 Å². The van der Waals surface area contributed by atoms with Gasteiger partial charge in [-0.15, -0.1) is 0 Å². The Hall–Kier alpha value is -7.95. The lowest BCUT2D eigenvalue weighted by molar-refractivity contribution is 0.670. The molecule has 0 saturated heterocycles. The Morgan fingerprint density at radius 1 is 0.288 bits per heavy atom. The van der Waals surface area contributed by atoms with Gasteiger partial charge >= 0.3 is 0 Å². The van der Waals surface area contributed by atoms with Crippen LogP contribution in [0.25, 0.3) is 111 Å². The van der Waals surface area contributed by atoms with Crippen LogP contribution < -0.4 is 0 Å². The van der Waals surface area contributed by atoms with Crippen molar-refractivity contribution in [1.29, 1.82) is 0 Å². The monoisotopic (exact) mass is 753 g/mol. The second-order valence-corrected chi connectivity index (χ2v) is 14.8. The van der Waals surface area contributed by atoms with E-state index in [-0.39, 0.29) is 0 Å². The first-order valence-electron chi connectivity index (χ1n) is 19.8. The van der Waals surface area contributed by atoms with Crippen molar-refractivity contribution >= 4 is 32.7 Å². The highest BCUT2D eigenvalue weighted by Crippen LogP contribution is 2.41. The van der Waals surface area contributed by atoms with Crippen molar-refractivity contribution in [2.75, 3.05) is 0 Å². The number of benzene rings is 9. The van der Waals surface area contributed by atoms with Gasteiger partial charge < -0.3 is 4.42 Å². The molecule has 0 fully saturated rings. The molecule has 0 unspecified atom stereocenters. The molecule has 0 amide bonds. The zero-order valence-corrected chi connectivity index (χ0v) is 32.0. The Labute approximate surface area is 341 Å². The van der Waals surface area contributed by atoms with Crippen molar-refractivity contribution in [3.8, 4) is 78.7 Å². The Morgan fingerprint density at radius 3 is 1.47 bits per heavy atom. The molecule has 59 heavy (non-hydrogen) atoms. The predicted molar refractivity (Wildman–Crippen MR) is 243 cm³/mol. The molecule has 0 saturated carbocycles. The molecule has 0 spiro atoms. The Balaban J connectivity index is 1.04. The molecule has 2 aromatic heterocycles. The van der Waals surface area contributed by atoms with E-state index in [1.807, 2.05) is 24.3 Å². The SMILES string of the molecule is c1ccc(-c2ccc(-c3nc(-c4ccc(-c5ccc6ccccc6c5)cc4)nc(-c4cccc5oc6c(-c7cccc(-c8ccccc8)c7)cccc6c45)n3)cc2)cc1. The molecular weight excluding hydrogens is 719 g/mol. The summed E-state index contributed by atoms with van der Waals surface area (Å²) in [4.78, 5) is 15.5. The summed E-state index contributed by atoms with van der Waals surface area (Å²) in [6.45, 7) is 0. The van der Waals surface area contributed by atoms with Crippen molar-refractivity contribution in [2.45, 2.75) is 0 Å². The standard InChI is InChI=1S/C55H35N3O/c1-3-12-36(13-4-1)39-24-29-41(30-25-39)53-56-54(42-31-26-40(27-32-42)45-33-28-38-16-7-8-17-43(38)34-45)58-55(57-53)49-22-11-23-50-51(49)48-21-10-20-47(52(48)59-50)46-19-9-18-44(35-46)37-14-5-2-6-15-37/h1-35H. The number of furan rings is 1. The molecule has 0 N–H and O–H groups in total. The first kappa shape index (κ1) is 34.3. The highest BCUT2D eigenvalue weighted by Gasteiger charge is 2.20. The van der Waals surface area contributed by atoms with Crippen LogP contribution in [0.2, 0.25) is 0 Å². The van der Waals surface area contributed by atoms with Gasteiger partial charge in [0.05, 0.1) is 0 Å². The van der Waals surface area contributed by atoms with E-state index in [0.29, 0.717) is 17.5 Å². The van der Waals surface area contributed by atoms with Crippen LogP contribution in [0.5, 0.6) is 0 Å². The van der Waals surface area contributed by atoms with Crippen molar-refractivity contribution in [1.82, 2.24) is 15.0 Å². The third-order valence-corrected chi connectivity index (χ3v) is 11.2. The molecule has 0 aliphatic heterocycles. The fourth-order valence-electron chi connectivity index (χ4n) is 8.14. The minimum absolute atomic E-state index is 0.584. The van der Waals surface area contributed by atoms with Crippen LogP contribution >= 0.6 is 0 Å². The highest BCUT2D eigenvalue weighted by atomic mass is 16.3.